The van der Waals surface area contributed by atoms with E-state index in [1.54, 1.807) is 0 Å². The van der Waals surface area contributed by atoms with E-state index in [0.717, 1.165) is 11.4 Å². The van der Waals surface area contributed by atoms with E-state index in [9.17, 15) is 4.79 Å². The maximum absolute atomic E-state index is 13.4. The highest BCUT2D eigenvalue weighted by Gasteiger charge is 2.51. The smallest absolute Gasteiger partial charge is 0.252 e. The van der Waals surface area contributed by atoms with Gasteiger partial charge in [-0.05, 0) is 40.6 Å². The molecule has 5 rings (SSSR count). The predicted molar refractivity (Wildman–Crippen MR) is 119 cm³/mol. The molecule has 1 amide bonds. The van der Waals surface area contributed by atoms with E-state index in [4.69, 9.17) is 0 Å². The van der Waals surface area contributed by atoms with Gasteiger partial charge in [0.25, 0.3) is 5.91 Å². The highest BCUT2D eigenvalue weighted by molar-refractivity contribution is 6.09. The first-order valence-corrected chi connectivity index (χ1v) is 9.89. The Labute approximate surface area is 170 Å². The topological polar surface area (TPSA) is 23.6 Å². The van der Waals surface area contributed by atoms with Gasteiger partial charge in [0, 0.05) is 18.4 Å². The van der Waals surface area contributed by atoms with Gasteiger partial charge in [-0.2, -0.15) is 0 Å². The molecular formula is C26H22N2O. The molecule has 29 heavy (non-hydrogen) atoms. The normalized spacial score (nSPS) is 18.5. The molecule has 4 aromatic carbocycles. The van der Waals surface area contributed by atoms with Crippen LogP contribution in [-0.4, -0.2) is 19.0 Å². The molecule has 0 bridgehead atoms. The highest BCUT2D eigenvalue weighted by atomic mass is 16.2. The second-order valence-electron chi connectivity index (χ2n) is 7.45. The number of amides is 1. The fourth-order valence-electron chi connectivity index (χ4n) is 4.37. The molecule has 1 fully saturated rings. The molecular weight excluding hydrogens is 356 g/mol. The summed E-state index contributed by atoms with van der Waals surface area (Å²) >= 11 is 0. The first kappa shape index (κ1) is 17.5. The van der Waals surface area contributed by atoms with Crippen LogP contribution in [0.5, 0.6) is 0 Å². The number of para-hydroxylation sites is 2. The molecule has 0 spiro atoms. The van der Waals surface area contributed by atoms with Gasteiger partial charge < -0.3 is 9.80 Å². The van der Waals surface area contributed by atoms with Crippen LogP contribution in [0.3, 0.4) is 0 Å². The number of nitrogens with zero attached hydrogens (tertiary/aromatic N) is 2. The molecule has 1 saturated heterocycles. The quantitative estimate of drug-likeness (QED) is 0.442. The molecule has 1 aliphatic rings. The zero-order valence-electron chi connectivity index (χ0n) is 16.3. The number of likely N-dealkylation sites (N-methyl/N-ethyl adjacent to an activating group) is 1. The molecule has 142 valence electrons. The molecule has 2 atom stereocenters. The molecule has 3 nitrogen and oxygen atoms in total. The predicted octanol–water partition coefficient (Wildman–Crippen LogP) is 5.43. The first-order valence-electron chi connectivity index (χ1n) is 9.89. The van der Waals surface area contributed by atoms with Crippen molar-refractivity contribution >= 4 is 28.1 Å². The van der Waals surface area contributed by atoms with E-state index in [0.29, 0.717) is 0 Å². The molecule has 3 heteroatoms. The Morgan fingerprint density at radius 3 is 2.10 bits per heavy atom. The van der Waals surface area contributed by atoms with E-state index in [-0.39, 0.29) is 18.0 Å². The number of rotatable bonds is 4. The monoisotopic (exact) mass is 378 g/mol. The molecule has 0 N–H and O–H groups in total. The lowest BCUT2D eigenvalue weighted by molar-refractivity contribution is -0.126. The summed E-state index contributed by atoms with van der Waals surface area (Å²) in [6, 6.07) is 34.6. The summed E-state index contributed by atoms with van der Waals surface area (Å²) in [4.78, 5) is 17.4. The van der Waals surface area contributed by atoms with Crippen LogP contribution >= 0.6 is 0 Å². The minimum atomic E-state index is -0.247. The Morgan fingerprint density at radius 2 is 1.34 bits per heavy atom. The van der Waals surface area contributed by atoms with Gasteiger partial charge in [0.1, 0.15) is 6.04 Å². The van der Waals surface area contributed by atoms with E-state index >= 15 is 0 Å². The summed E-state index contributed by atoms with van der Waals surface area (Å²) in [6.07, 6.45) is 0. The van der Waals surface area contributed by atoms with Gasteiger partial charge >= 0.3 is 0 Å². The average molecular weight is 378 g/mol. The number of β-lactam (4-membered cyclic amide) rings is 1. The van der Waals surface area contributed by atoms with Crippen LogP contribution in [0.25, 0.3) is 10.8 Å². The van der Waals surface area contributed by atoms with Gasteiger partial charge in [-0.15, -0.1) is 0 Å². The van der Waals surface area contributed by atoms with Crippen molar-refractivity contribution < 1.29 is 4.79 Å². The van der Waals surface area contributed by atoms with Gasteiger partial charge in [0.15, 0.2) is 0 Å². The minimum Gasteiger partial charge on any atom is -0.361 e. The third kappa shape index (κ3) is 2.87. The van der Waals surface area contributed by atoms with Crippen molar-refractivity contribution in [2.75, 3.05) is 16.8 Å². The lowest BCUT2D eigenvalue weighted by Gasteiger charge is -2.51. The fourth-order valence-corrected chi connectivity index (χ4v) is 4.37. The van der Waals surface area contributed by atoms with Gasteiger partial charge in [-0.1, -0.05) is 78.9 Å². The molecule has 1 heterocycles. The number of anilines is 2. The third-order valence-corrected chi connectivity index (χ3v) is 5.82. The first-order chi connectivity index (χ1) is 14.3. The van der Waals surface area contributed by atoms with Gasteiger partial charge in [0.05, 0.1) is 6.04 Å². The Hall–Kier alpha value is -3.59. The molecule has 2 unspecified atom stereocenters. The largest absolute Gasteiger partial charge is 0.361 e. The van der Waals surface area contributed by atoms with Crippen molar-refractivity contribution in [1.82, 2.24) is 0 Å². The summed E-state index contributed by atoms with van der Waals surface area (Å²) in [7, 11) is 2.01. The van der Waals surface area contributed by atoms with Crippen LogP contribution in [0.4, 0.5) is 11.4 Å². The number of fused-ring (bicyclic) bond motifs is 1. The number of hydrogen-bond donors (Lipinski definition) is 0. The van der Waals surface area contributed by atoms with Crippen molar-refractivity contribution in [3.8, 4) is 0 Å². The number of hydrogen-bond acceptors (Lipinski definition) is 2. The minimum absolute atomic E-state index is 0.0544. The number of benzene rings is 4. The molecule has 0 aliphatic carbocycles. The average Bonchev–Trinajstić information content (AvgIpc) is 2.78. The maximum Gasteiger partial charge on any atom is 0.252 e. The van der Waals surface area contributed by atoms with Crippen LogP contribution in [0.15, 0.2) is 103 Å². The van der Waals surface area contributed by atoms with E-state index < -0.39 is 0 Å². The lowest BCUT2D eigenvalue weighted by Crippen LogP contribution is -2.65. The molecule has 1 aliphatic heterocycles. The van der Waals surface area contributed by atoms with E-state index in [2.05, 4.69) is 59.5 Å². The second kappa shape index (κ2) is 7.10. The third-order valence-electron chi connectivity index (χ3n) is 5.82. The van der Waals surface area contributed by atoms with E-state index in [1.165, 1.54) is 16.3 Å². The Bertz CT molecular complexity index is 1150. The summed E-state index contributed by atoms with van der Waals surface area (Å²) in [5.74, 6) is 0.125. The van der Waals surface area contributed by atoms with Gasteiger partial charge in [-0.3, -0.25) is 4.79 Å². The van der Waals surface area contributed by atoms with Crippen LogP contribution in [0.2, 0.25) is 0 Å². The summed E-state index contributed by atoms with van der Waals surface area (Å²) in [6.45, 7) is 0. The van der Waals surface area contributed by atoms with Crippen molar-refractivity contribution in [2.24, 2.45) is 0 Å². The van der Waals surface area contributed by atoms with Crippen LogP contribution < -0.4 is 9.80 Å². The van der Waals surface area contributed by atoms with Crippen LogP contribution in [0, 0.1) is 0 Å². The summed E-state index contributed by atoms with van der Waals surface area (Å²) in [5, 5.41) is 2.39. The highest BCUT2D eigenvalue weighted by Crippen LogP contribution is 2.44. The zero-order valence-corrected chi connectivity index (χ0v) is 16.3. The van der Waals surface area contributed by atoms with Crippen molar-refractivity contribution in [2.45, 2.75) is 12.1 Å². The van der Waals surface area contributed by atoms with Crippen molar-refractivity contribution in [3.63, 3.8) is 0 Å². The summed E-state index contributed by atoms with van der Waals surface area (Å²) < 4.78 is 0. The number of carbonyl (C=O) groups is 1. The molecule has 0 aromatic heterocycles. The zero-order chi connectivity index (χ0) is 19.8. The Kier molecular flexibility index (Phi) is 4.28. The SMILES string of the molecule is CN(c1ccccc1)C1C(=O)N(c2ccccc2)C1c1cccc2ccccc12. The van der Waals surface area contributed by atoms with Crippen LogP contribution in [-0.2, 0) is 4.79 Å². The molecule has 4 aromatic rings. The van der Waals surface area contributed by atoms with Crippen molar-refractivity contribution in [3.05, 3.63) is 109 Å². The standard InChI is InChI=1S/C26H22N2O/c1-27(20-13-4-2-5-14-20)25-24(28(26(25)29)21-15-6-3-7-16-21)23-18-10-12-19-11-8-9-17-22(19)23/h2-18,24-25H,1H3. The second-order valence-corrected chi connectivity index (χ2v) is 7.45. The summed E-state index contributed by atoms with van der Waals surface area (Å²) in [5.41, 5.74) is 3.16. The van der Waals surface area contributed by atoms with Gasteiger partial charge in [0.2, 0.25) is 0 Å². The maximum atomic E-state index is 13.4. The lowest BCUT2D eigenvalue weighted by atomic mass is 9.84. The molecule has 0 saturated carbocycles. The van der Waals surface area contributed by atoms with E-state index in [1.807, 2.05) is 60.5 Å². The van der Waals surface area contributed by atoms with Crippen LogP contribution in [0.1, 0.15) is 11.6 Å². The Morgan fingerprint density at radius 1 is 0.724 bits per heavy atom. The fraction of sp³-hybridized carbons (Fsp3) is 0.115. The van der Waals surface area contributed by atoms with Gasteiger partial charge in [-0.25, -0.2) is 0 Å². The Balaban J connectivity index is 1.64. The molecule has 0 radical (unpaired) electrons. The van der Waals surface area contributed by atoms with Crippen molar-refractivity contribution in [1.29, 1.82) is 0 Å². The number of carbonyl (C=O) groups excluding carboxylic acids is 1.